The van der Waals surface area contributed by atoms with Crippen LogP contribution < -0.4 is 0 Å². The summed E-state index contributed by atoms with van der Waals surface area (Å²) in [4.78, 5) is 24.9. The molecule has 0 aromatic carbocycles. The van der Waals surface area contributed by atoms with Gasteiger partial charge in [0.2, 0.25) is 5.91 Å². The molecule has 16 heavy (non-hydrogen) atoms. The lowest BCUT2D eigenvalue weighted by Crippen LogP contribution is -2.39. The van der Waals surface area contributed by atoms with Crippen molar-refractivity contribution in [2.24, 2.45) is 11.3 Å². The third kappa shape index (κ3) is 1.81. The number of carboxylic acids is 1. The lowest BCUT2D eigenvalue weighted by atomic mass is 10.0. The Balaban J connectivity index is 1.95. The van der Waals surface area contributed by atoms with E-state index in [2.05, 4.69) is 6.92 Å². The quantitative estimate of drug-likeness (QED) is 0.738. The van der Waals surface area contributed by atoms with Crippen LogP contribution in [-0.4, -0.2) is 35.0 Å². The topological polar surface area (TPSA) is 57.6 Å². The molecule has 1 aliphatic heterocycles. The summed E-state index contributed by atoms with van der Waals surface area (Å²) in [7, 11) is 0. The number of aliphatic carboxylic acids is 1. The Morgan fingerprint density at radius 2 is 2.12 bits per heavy atom. The van der Waals surface area contributed by atoms with Crippen LogP contribution in [0.25, 0.3) is 0 Å². The fourth-order valence-electron chi connectivity index (χ4n) is 2.61. The highest BCUT2D eigenvalue weighted by Crippen LogP contribution is 2.48. The summed E-state index contributed by atoms with van der Waals surface area (Å²) in [6.07, 6.45) is 4.36. The molecule has 1 saturated carbocycles. The minimum absolute atomic E-state index is 0.140. The molecule has 90 valence electrons. The van der Waals surface area contributed by atoms with Crippen molar-refractivity contribution >= 4 is 11.9 Å². The van der Waals surface area contributed by atoms with Crippen LogP contribution in [0.15, 0.2) is 0 Å². The van der Waals surface area contributed by atoms with Gasteiger partial charge < -0.3 is 10.0 Å². The average Bonchev–Trinajstić information content (AvgIpc) is 2.94. The van der Waals surface area contributed by atoms with E-state index in [-0.39, 0.29) is 5.91 Å². The average molecular weight is 225 g/mol. The highest BCUT2D eigenvalue weighted by Gasteiger charge is 2.59. The van der Waals surface area contributed by atoms with Gasteiger partial charge in [0.15, 0.2) is 0 Å². The second-order valence-electron chi connectivity index (χ2n) is 5.08. The van der Waals surface area contributed by atoms with E-state index in [1.54, 1.807) is 4.90 Å². The monoisotopic (exact) mass is 225 g/mol. The van der Waals surface area contributed by atoms with Crippen molar-refractivity contribution in [1.82, 2.24) is 4.90 Å². The molecule has 0 spiro atoms. The van der Waals surface area contributed by atoms with Gasteiger partial charge in [-0.05, 0) is 31.6 Å². The molecule has 0 radical (unpaired) electrons. The van der Waals surface area contributed by atoms with Crippen LogP contribution in [0.3, 0.4) is 0 Å². The van der Waals surface area contributed by atoms with Gasteiger partial charge in [-0.3, -0.25) is 9.59 Å². The smallest absolute Gasteiger partial charge is 0.319 e. The van der Waals surface area contributed by atoms with Crippen LogP contribution in [0.4, 0.5) is 0 Å². The SMILES string of the molecule is CCCC1CCN(C(=O)C2(C(=O)O)CC2)C1. The second-order valence-corrected chi connectivity index (χ2v) is 5.08. The van der Waals surface area contributed by atoms with Gasteiger partial charge in [-0.1, -0.05) is 13.3 Å². The van der Waals surface area contributed by atoms with Crippen molar-refractivity contribution in [3.05, 3.63) is 0 Å². The molecule has 1 N–H and O–H groups in total. The van der Waals surface area contributed by atoms with E-state index < -0.39 is 11.4 Å². The van der Waals surface area contributed by atoms with Crippen LogP contribution in [0.2, 0.25) is 0 Å². The first-order valence-corrected chi connectivity index (χ1v) is 6.13. The lowest BCUT2D eigenvalue weighted by Gasteiger charge is -2.20. The highest BCUT2D eigenvalue weighted by molar-refractivity contribution is 6.04. The number of nitrogens with zero attached hydrogens (tertiary/aromatic N) is 1. The predicted molar refractivity (Wildman–Crippen MR) is 58.9 cm³/mol. The normalized spacial score (nSPS) is 26.8. The van der Waals surface area contributed by atoms with Crippen LogP contribution in [0.1, 0.15) is 39.0 Å². The van der Waals surface area contributed by atoms with Gasteiger partial charge in [-0.25, -0.2) is 0 Å². The van der Waals surface area contributed by atoms with E-state index in [1.807, 2.05) is 0 Å². The van der Waals surface area contributed by atoms with Crippen molar-refractivity contribution in [2.75, 3.05) is 13.1 Å². The van der Waals surface area contributed by atoms with Crippen LogP contribution in [0.5, 0.6) is 0 Å². The Kier molecular flexibility index (Phi) is 2.91. The highest BCUT2D eigenvalue weighted by atomic mass is 16.4. The molecule has 2 aliphatic rings. The maximum atomic E-state index is 12.1. The molecule has 0 aromatic heterocycles. The first-order valence-electron chi connectivity index (χ1n) is 6.13. The Morgan fingerprint density at radius 3 is 2.62 bits per heavy atom. The zero-order valence-electron chi connectivity index (χ0n) is 9.74. The Hall–Kier alpha value is -1.06. The maximum Gasteiger partial charge on any atom is 0.319 e. The van der Waals surface area contributed by atoms with Crippen LogP contribution >= 0.6 is 0 Å². The minimum atomic E-state index is -1.04. The Morgan fingerprint density at radius 1 is 1.44 bits per heavy atom. The number of hydrogen-bond acceptors (Lipinski definition) is 2. The Bertz CT molecular complexity index is 309. The van der Waals surface area contributed by atoms with Gasteiger partial charge in [0.05, 0.1) is 0 Å². The number of rotatable bonds is 4. The maximum absolute atomic E-state index is 12.1. The standard InChI is InChI=1S/C12H19NO3/c1-2-3-9-4-7-13(8-9)10(14)12(5-6-12)11(15)16/h9H,2-8H2,1H3,(H,15,16). The lowest BCUT2D eigenvalue weighted by molar-refractivity contribution is -0.153. The number of likely N-dealkylation sites (tertiary alicyclic amines) is 1. The molecule has 1 saturated heterocycles. The molecule has 0 bridgehead atoms. The molecule has 2 rings (SSSR count). The zero-order chi connectivity index (χ0) is 11.8. The van der Waals surface area contributed by atoms with Gasteiger partial charge in [0.25, 0.3) is 0 Å². The summed E-state index contributed by atoms with van der Waals surface area (Å²) in [5.74, 6) is -0.492. The fraction of sp³-hybridized carbons (Fsp3) is 0.833. The first kappa shape index (κ1) is 11.4. The number of carbonyl (C=O) groups excluding carboxylic acids is 1. The predicted octanol–water partition coefficient (Wildman–Crippen LogP) is 1.50. The minimum Gasteiger partial charge on any atom is -0.480 e. The number of amides is 1. The molecule has 1 heterocycles. The van der Waals surface area contributed by atoms with Crippen molar-refractivity contribution in [2.45, 2.75) is 39.0 Å². The number of carboxylic acid groups (broad SMARTS) is 1. The largest absolute Gasteiger partial charge is 0.480 e. The molecule has 1 unspecified atom stereocenters. The summed E-state index contributed by atoms with van der Waals surface area (Å²) in [5, 5.41) is 9.06. The van der Waals surface area contributed by atoms with Crippen LogP contribution in [-0.2, 0) is 9.59 Å². The summed E-state index contributed by atoms with van der Waals surface area (Å²) >= 11 is 0. The van der Waals surface area contributed by atoms with Gasteiger partial charge in [-0.2, -0.15) is 0 Å². The van der Waals surface area contributed by atoms with E-state index in [0.717, 1.165) is 32.4 Å². The van der Waals surface area contributed by atoms with E-state index in [4.69, 9.17) is 5.11 Å². The molecule has 2 fully saturated rings. The van der Waals surface area contributed by atoms with Crippen molar-refractivity contribution < 1.29 is 14.7 Å². The first-order chi connectivity index (χ1) is 7.60. The molecule has 4 heteroatoms. The van der Waals surface area contributed by atoms with Crippen molar-refractivity contribution in [1.29, 1.82) is 0 Å². The summed E-state index contributed by atoms with van der Waals surface area (Å²) in [6, 6.07) is 0. The molecule has 4 nitrogen and oxygen atoms in total. The summed E-state index contributed by atoms with van der Waals surface area (Å²) in [5.41, 5.74) is -1.04. The Labute approximate surface area is 95.6 Å². The van der Waals surface area contributed by atoms with Crippen molar-refractivity contribution in [3.63, 3.8) is 0 Å². The van der Waals surface area contributed by atoms with Crippen LogP contribution in [0, 0.1) is 11.3 Å². The van der Waals surface area contributed by atoms with E-state index in [9.17, 15) is 9.59 Å². The second kappa shape index (κ2) is 4.07. The van der Waals surface area contributed by atoms with E-state index in [1.165, 1.54) is 0 Å². The summed E-state index contributed by atoms with van der Waals surface area (Å²) in [6.45, 7) is 3.66. The van der Waals surface area contributed by atoms with Gasteiger partial charge >= 0.3 is 5.97 Å². The molecular formula is C12H19NO3. The van der Waals surface area contributed by atoms with Gasteiger partial charge in [0, 0.05) is 13.1 Å². The zero-order valence-corrected chi connectivity index (χ0v) is 9.74. The fourth-order valence-corrected chi connectivity index (χ4v) is 2.61. The third-order valence-corrected chi connectivity index (χ3v) is 3.84. The van der Waals surface area contributed by atoms with Gasteiger partial charge in [-0.15, -0.1) is 0 Å². The number of carbonyl (C=O) groups is 2. The molecule has 1 aliphatic carbocycles. The number of hydrogen-bond donors (Lipinski definition) is 1. The molecule has 1 atom stereocenters. The van der Waals surface area contributed by atoms with Gasteiger partial charge in [0.1, 0.15) is 5.41 Å². The summed E-state index contributed by atoms with van der Waals surface area (Å²) < 4.78 is 0. The molecule has 1 amide bonds. The van der Waals surface area contributed by atoms with E-state index in [0.29, 0.717) is 18.8 Å². The van der Waals surface area contributed by atoms with E-state index >= 15 is 0 Å². The molecular weight excluding hydrogens is 206 g/mol. The third-order valence-electron chi connectivity index (χ3n) is 3.84. The van der Waals surface area contributed by atoms with Crippen molar-refractivity contribution in [3.8, 4) is 0 Å². The molecule has 0 aromatic rings.